The molecule has 0 bridgehead atoms. The summed E-state index contributed by atoms with van der Waals surface area (Å²) in [6.07, 6.45) is 2.09. The Bertz CT molecular complexity index is 387. The molecule has 1 aromatic rings. The van der Waals surface area contributed by atoms with Crippen molar-refractivity contribution >= 4 is 17.6 Å². The molecule has 0 saturated heterocycles. The first-order chi connectivity index (χ1) is 7.54. The molecular formula is C11H14N2O3. The lowest BCUT2D eigenvalue weighted by molar-refractivity contribution is -0.119. The molecule has 0 radical (unpaired) electrons. The highest BCUT2D eigenvalue weighted by Crippen LogP contribution is 2.09. The van der Waals surface area contributed by atoms with Gasteiger partial charge in [0.2, 0.25) is 5.91 Å². The van der Waals surface area contributed by atoms with E-state index in [4.69, 9.17) is 5.11 Å². The smallest absolute Gasteiger partial charge is 0.354 e. The largest absolute Gasteiger partial charge is 0.477 e. The third-order valence-corrected chi connectivity index (χ3v) is 2.31. The number of aromatic carboxylic acids is 1. The number of hydrogen-bond donors (Lipinski definition) is 2. The maximum atomic E-state index is 11.5. The van der Waals surface area contributed by atoms with Gasteiger partial charge in [-0.2, -0.15) is 0 Å². The number of nitrogens with one attached hydrogen (secondary N) is 1. The summed E-state index contributed by atoms with van der Waals surface area (Å²) in [4.78, 5) is 25.7. The fourth-order valence-corrected chi connectivity index (χ4v) is 1.05. The Morgan fingerprint density at radius 3 is 2.62 bits per heavy atom. The number of anilines is 1. The van der Waals surface area contributed by atoms with Crippen LogP contribution in [0.1, 0.15) is 30.8 Å². The van der Waals surface area contributed by atoms with Gasteiger partial charge in [0, 0.05) is 5.92 Å². The molecule has 0 spiro atoms. The van der Waals surface area contributed by atoms with Gasteiger partial charge in [0.1, 0.15) is 5.69 Å². The second-order valence-electron chi connectivity index (χ2n) is 3.54. The third-order valence-electron chi connectivity index (χ3n) is 2.31. The van der Waals surface area contributed by atoms with Crippen LogP contribution in [0, 0.1) is 5.92 Å². The predicted molar refractivity (Wildman–Crippen MR) is 59.3 cm³/mol. The van der Waals surface area contributed by atoms with Gasteiger partial charge in [-0.15, -0.1) is 0 Å². The molecule has 0 saturated carbocycles. The third kappa shape index (κ3) is 3.05. The Morgan fingerprint density at radius 2 is 2.19 bits per heavy atom. The number of carbonyl (C=O) groups excluding carboxylic acids is 1. The molecule has 0 aromatic carbocycles. The molecule has 1 rings (SSSR count). The van der Waals surface area contributed by atoms with Crippen molar-refractivity contribution in [3.05, 3.63) is 24.0 Å². The summed E-state index contributed by atoms with van der Waals surface area (Å²) in [6.45, 7) is 3.75. The first-order valence-corrected chi connectivity index (χ1v) is 5.04. The van der Waals surface area contributed by atoms with Gasteiger partial charge < -0.3 is 10.4 Å². The zero-order chi connectivity index (χ0) is 12.1. The van der Waals surface area contributed by atoms with E-state index in [0.717, 1.165) is 6.42 Å². The van der Waals surface area contributed by atoms with Crippen LogP contribution in [-0.2, 0) is 4.79 Å². The van der Waals surface area contributed by atoms with Gasteiger partial charge in [-0.3, -0.25) is 4.79 Å². The van der Waals surface area contributed by atoms with Gasteiger partial charge in [-0.25, -0.2) is 9.78 Å². The van der Waals surface area contributed by atoms with Gasteiger partial charge in [0.25, 0.3) is 0 Å². The van der Waals surface area contributed by atoms with E-state index >= 15 is 0 Å². The molecule has 1 unspecified atom stereocenters. The van der Waals surface area contributed by atoms with E-state index in [1.54, 1.807) is 0 Å². The first-order valence-electron chi connectivity index (χ1n) is 5.04. The number of aromatic nitrogens is 1. The van der Waals surface area contributed by atoms with Gasteiger partial charge in [0.05, 0.1) is 11.9 Å². The summed E-state index contributed by atoms with van der Waals surface area (Å²) in [5.74, 6) is -1.24. The lowest BCUT2D eigenvalue weighted by Crippen LogP contribution is -2.19. The Labute approximate surface area is 93.5 Å². The molecule has 1 heterocycles. The minimum atomic E-state index is -1.08. The van der Waals surface area contributed by atoms with Crippen molar-refractivity contribution in [2.75, 3.05) is 5.32 Å². The molecular weight excluding hydrogens is 208 g/mol. The van der Waals surface area contributed by atoms with Gasteiger partial charge in [-0.1, -0.05) is 13.8 Å². The average Bonchev–Trinajstić information content (AvgIpc) is 2.28. The van der Waals surface area contributed by atoms with E-state index in [1.807, 2.05) is 13.8 Å². The molecule has 1 amide bonds. The number of carboxylic acids is 1. The number of amides is 1. The monoisotopic (exact) mass is 222 g/mol. The fraction of sp³-hybridized carbons (Fsp3) is 0.364. The summed E-state index contributed by atoms with van der Waals surface area (Å²) >= 11 is 0. The van der Waals surface area contributed by atoms with Crippen molar-refractivity contribution in [1.29, 1.82) is 0 Å². The van der Waals surface area contributed by atoms with Crippen molar-refractivity contribution < 1.29 is 14.7 Å². The number of carboxylic acid groups (broad SMARTS) is 1. The van der Waals surface area contributed by atoms with Crippen molar-refractivity contribution in [3.63, 3.8) is 0 Å². The number of nitrogens with zero attached hydrogens (tertiary/aromatic N) is 1. The fourth-order valence-electron chi connectivity index (χ4n) is 1.05. The molecule has 86 valence electrons. The van der Waals surface area contributed by atoms with Crippen LogP contribution < -0.4 is 5.32 Å². The van der Waals surface area contributed by atoms with Crippen LogP contribution in [0.4, 0.5) is 5.69 Å². The Balaban J connectivity index is 2.69. The maximum absolute atomic E-state index is 11.5. The minimum Gasteiger partial charge on any atom is -0.477 e. The SMILES string of the molecule is CCC(C)C(=O)Nc1ccc(C(=O)O)nc1. The topological polar surface area (TPSA) is 79.3 Å². The zero-order valence-corrected chi connectivity index (χ0v) is 9.23. The lowest BCUT2D eigenvalue weighted by Gasteiger charge is -2.09. The second-order valence-corrected chi connectivity index (χ2v) is 3.54. The summed E-state index contributed by atoms with van der Waals surface area (Å²) in [7, 11) is 0. The van der Waals surface area contributed by atoms with Crippen LogP contribution in [0.25, 0.3) is 0 Å². The zero-order valence-electron chi connectivity index (χ0n) is 9.23. The van der Waals surface area contributed by atoms with Crippen LogP contribution in [0.2, 0.25) is 0 Å². The molecule has 0 aliphatic carbocycles. The van der Waals surface area contributed by atoms with Crippen molar-refractivity contribution in [3.8, 4) is 0 Å². The van der Waals surface area contributed by atoms with Crippen LogP contribution in [0.15, 0.2) is 18.3 Å². The maximum Gasteiger partial charge on any atom is 0.354 e. The van der Waals surface area contributed by atoms with Crippen LogP contribution >= 0.6 is 0 Å². The lowest BCUT2D eigenvalue weighted by atomic mass is 10.1. The molecule has 0 aliphatic heterocycles. The van der Waals surface area contributed by atoms with Crippen molar-refractivity contribution in [2.45, 2.75) is 20.3 Å². The standard InChI is InChI=1S/C11H14N2O3/c1-3-7(2)10(14)13-8-4-5-9(11(15)16)12-6-8/h4-7H,3H2,1-2H3,(H,13,14)(H,15,16). The van der Waals surface area contributed by atoms with Gasteiger partial charge >= 0.3 is 5.97 Å². The van der Waals surface area contributed by atoms with Gasteiger partial charge in [-0.05, 0) is 18.6 Å². The highest BCUT2D eigenvalue weighted by atomic mass is 16.4. The predicted octanol–water partition coefficient (Wildman–Crippen LogP) is 1.76. The number of pyridine rings is 1. The summed E-state index contributed by atoms with van der Waals surface area (Å²) in [5, 5.41) is 11.3. The number of hydrogen-bond acceptors (Lipinski definition) is 3. The normalized spacial score (nSPS) is 11.9. The quantitative estimate of drug-likeness (QED) is 0.813. The summed E-state index contributed by atoms with van der Waals surface area (Å²) in [5.41, 5.74) is 0.469. The number of carbonyl (C=O) groups is 2. The summed E-state index contributed by atoms with van der Waals surface area (Å²) < 4.78 is 0. The van der Waals surface area contributed by atoms with Crippen molar-refractivity contribution in [2.24, 2.45) is 5.92 Å². The molecule has 5 heteroatoms. The van der Waals surface area contributed by atoms with Crippen molar-refractivity contribution in [1.82, 2.24) is 4.98 Å². The Kier molecular flexibility index (Phi) is 3.99. The molecule has 0 fully saturated rings. The molecule has 5 nitrogen and oxygen atoms in total. The van der Waals surface area contributed by atoms with E-state index in [0.29, 0.717) is 5.69 Å². The molecule has 16 heavy (non-hydrogen) atoms. The second kappa shape index (κ2) is 5.25. The Morgan fingerprint density at radius 1 is 1.50 bits per heavy atom. The molecule has 0 aliphatic rings. The van der Waals surface area contributed by atoms with Crippen LogP contribution in [0.3, 0.4) is 0 Å². The highest BCUT2D eigenvalue weighted by Gasteiger charge is 2.11. The van der Waals surface area contributed by atoms with E-state index < -0.39 is 5.97 Å². The summed E-state index contributed by atoms with van der Waals surface area (Å²) in [6, 6.07) is 2.88. The van der Waals surface area contributed by atoms with Crippen LogP contribution in [-0.4, -0.2) is 22.0 Å². The number of rotatable bonds is 4. The van der Waals surface area contributed by atoms with Crippen LogP contribution in [0.5, 0.6) is 0 Å². The first kappa shape index (κ1) is 12.2. The van der Waals surface area contributed by atoms with E-state index in [9.17, 15) is 9.59 Å². The van der Waals surface area contributed by atoms with Gasteiger partial charge in [0.15, 0.2) is 0 Å². The highest BCUT2D eigenvalue weighted by molar-refractivity contribution is 5.92. The molecule has 1 aromatic heterocycles. The minimum absolute atomic E-state index is 0.0402. The average molecular weight is 222 g/mol. The van der Waals surface area contributed by atoms with E-state index in [-0.39, 0.29) is 17.5 Å². The van der Waals surface area contributed by atoms with E-state index in [2.05, 4.69) is 10.3 Å². The van der Waals surface area contributed by atoms with E-state index in [1.165, 1.54) is 18.3 Å². The molecule has 2 N–H and O–H groups in total. The molecule has 1 atom stereocenters. The Hall–Kier alpha value is -1.91.